The number of hydrogen-bond donors (Lipinski definition) is 2. The van der Waals surface area contributed by atoms with Crippen LogP contribution < -0.4 is 4.74 Å². The molecule has 0 saturated carbocycles. The monoisotopic (exact) mass is 370 g/mol. The first-order valence-corrected chi connectivity index (χ1v) is 9.58. The summed E-state index contributed by atoms with van der Waals surface area (Å²) in [7, 11) is 1.60. The zero-order valence-corrected chi connectivity index (χ0v) is 16.3. The number of methoxy groups -OCH3 is 1. The topological polar surface area (TPSA) is 56.2 Å². The third-order valence-corrected chi connectivity index (χ3v) is 5.47. The minimum absolute atomic E-state index is 0.191. The normalized spacial score (nSPS) is 18.6. The maximum atomic E-state index is 10.2. The Labute approximate surface area is 161 Å². The quantitative estimate of drug-likeness (QED) is 0.785. The Morgan fingerprint density at radius 1 is 1.07 bits per heavy atom. The molecule has 0 unspecified atom stereocenters. The van der Waals surface area contributed by atoms with Gasteiger partial charge in [-0.1, -0.05) is 30.3 Å². The second kappa shape index (κ2) is 9.22. The zero-order chi connectivity index (χ0) is 19.2. The SMILES string of the molecule is COc1ccc(CN2CCN(Cc3ccccc3C)[C@@H](CCO)C2)c(O)c1. The van der Waals surface area contributed by atoms with Gasteiger partial charge in [0, 0.05) is 57.0 Å². The van der Waals surface area contributed by atoms with E-state index >= 15 is 0 Å². The molecule has 2 aromatic rings. The van der Waals surface area contributed by atoms with Crippen LogP contribution in [0.15, 0.2) is 42.5 Å². The van der Waals surface area contributed by atoms with Gasteiger partial charge in [0.1, 0.15) is 11.5 Å². The van der Waals surface area contributed by atoms with Gasteiger partial charge in [0.2, 0.25) is 0 Å². The highest BCUT2D eigenvalue weighted by atomic mass is 16.5. The number of nitrogens with zero attached hydrogens (tertiary/aromatic N) is 2. The van der Waals surface area contributed by atoms with Crippen molar-refractivity contribution >= 4 is 0 Å². The third kappa shape index (κ3) is 5.01. The molecule has 1 aliphatic heterocycles. The summed E-state index contributed by atoms with van der Waals surface area (Å²) in [4.78, 5) is 4.83. The Morgan fingerprint density at radius 2 is 1.89 bits per heavy atom. The summed E-state index contributed by atoms with van der Waals surface area (Å²) in [6, 6.07) is 14.3. The molecule has 0 amide bonds. The number of aliphatic hydroxyl groups is 1. The van der Waals surface area contributed by atoms with Crippen LogP contribution in [-0.4, -0.2) is 59.4 Å². The number of ether oxygens (including phenoxy) is 1. The van der Waals surface area contributed by atoms with Crippen molar-refractivity contribution < 1.29 is 14.9 Å². The fraction of sp³-hybridized carbons (Fsp3) is 0.455. The molecular weight excluding hydrogens is 340 g/mol. The molecule has 0 spiro atoms. The average molecular weight is 370 g/mol. The first-order chi connectivity index (χ1) is 13.1. The highest BCUT2D eigenvalue weighted by Crippen LogP contribution is 2.26. The maximum absolute atomic E-state index is 10.2. The van der Waals surface area contributed by atoms with Gasteiger partial charge in [-0.3, -0.25) is 9.80 Å². The van der Waals surface area contributed by atoms with Gasteiger partial charge >= 0.3 is 0 Å². The molecule has 5 heteroatoms. The van der Waals surface area contributed by atoms with E-state index in [-0.39, 0.29) is 12.4 Å². The summed E-state index contributed by atoms with van der Waals surface area (Å²) >= 11 is 0. The molecule has 0 aromatic heterocycles. The molecule has 2 N–H and O–H groups in total. The number of phenolic OH excluding ortho intramolecular Hbond substituents is 1. The lowest BCUT2D eigenvalue weighted by molar-refractivity contribution is 0.0495. The summed E-state index contributed by atoms with van der Waals surface area (Å²) in [5.41, 5.74) is 3.57. The molecule has 3 rings (SSSR count). The summed E-state index contributed by atoms with van der Waals surface area (Å²) in [6.07, 6.45) is 0.761. The van der Waals surface area contributed by atoms with Crippen molar-refractivity contribution in [2.24, 2.45) is 0 Å². The van der Waals surface area contributed by atoms with Crippen molar-refractivity contribution in [1.29, 1.82) is 0 Å². The van der Waals surface area contributed by atoms with Crippen LogP contribution in [0.25, 0.3) is 0 Å². The van der Waals surface area contributed by atoms with Gasteiger partial charge in [-0.05, 0) is 30.5 Å². The van der Waals surface area contributed by atoms with E-state index < -0.39 is 0 Å². The third-order valence-electron chi connectivity index (χ3n) is 5.47. The first kappa shape index (κ1) is 19.7. The van der Waals surface area contributed by atoms with Crippen LogP contribution >= 0.6 is 0 Å². The van der Waals surface area contributed by atoms with Crippen molar-refractivity contribution in [2.75, 3.05) is 33.4 Å². The average Bonchev–Trinajstić information content (AvgIpc) is 2.67. The van der Waals surface area contributed by atoms with Gasteiger partial charge in [-0.15, -0.1) is 0 Å². The van der Waals surface area contributed by atoms with Crippen LogP contribution in [0.2, 0.25) is 0 Å². The van der Waals surface area contributed by atoms with Crippen LogP contribution in [0.4, 0.5) is 0 Å². The van der Waals surface area contributed by atoms with Gasteiger partial charge in [-0.25, -0.2) is 0 Å². The Bertz CT molecular complexity index is 750. The molecular formula is C22H30N2O3. The molecule has 0 radical (unpaired) electrons. The van der Waals surface area contributed by atoms with Gasteiger partial charge in [0.25, 0.3) is 0 Å². The van der Waals surface area contributed by atoms with E-state index in [2.05, 4.69) is 41.0 Å². The molecule has 146 valence electrons. The van der Waals surface area contributed by atoms with Gasteiger partial charge in [0.15, 0.2) is 0 Å². The molecule has 1 atom stereocenters. The molecule has 2 aromatic carbocycles. The minimum atomic E-state index is 0.191. The Kier molecular flexibility index (Phi) is 6.72. The molecule has 1 fully saturated rings. The summed E-state index contributed by atoms with van der Waals surface area (Å²) in [6.45, 7) is 6.75. The van der Waals surface area contributed by atoms with Crippen molar-refractivity contribution in [1.82, 2.24) is 9.80 Å². The number of rotatable bonds is 7. The number of phenols is 1. The molecule has 1 saturated heterocycles. The molecule has 5 nitrogen and oxygen atoms in total. The van der Waals surface area contributed by atoms with E-state index in [4.69, 9.17) is 4.74 Å². The predicted molar refractivity (Wildman–Crippen MR) is 107 cm³/mol. The van der Waals surface area contributed by atoms with E-state index in [1.165, 1.54) is 11.1 Å². The van der Waals surface area contributed by atoms with Crippen molar-refractivity contribution in [3.05, 3.63) is 59.2 Å². The standard InChI is InChI=1S/C22H30N2O3/c1-17-5-3-4-6-18(17)15-24-11-10-23(16-20(24)9-12-25)14-19-7-8-21(27-2)13-22(19)26/h3-8,13,20,25-26H,9-12,14-16H2,1-2H3/t20-/m0/s1. The second-order valence-electron chi connectivity index (χ2n) is 7.29. The van der Waals surface area contributed by atoms with Crippen molar-refractivity contribution in [2.45, 2.75) is 32.5 Å². The number of aromatic hydroxyl groups is 1. The largest absolute Gasteiger partial charge is 0.507 e. The smallest absolute Gasteiger partial charge is 0.123 e. The lowest BCUT2D eigenvalue weighted by atomic mass is 10.0. The molecule has 0 bridgehead atoms. The van der Waals surface area contributed by atoms with Crippen LogP contribution in [0, 0.1) is 6.92 Å². The second-order valence-corrected chi connectivity index (χ2v) is 7.29. The van der Waals surface area contributed by atoms with E-state index in [0.717, 1.165) is 38.2 Å². The molecule has 27 heavy (non-hydrogen) atoms. The van der Waals surface area contributed by atoms with Crippen LogP contribution in [-0.2, 0) is 13.1 Å². The Morgan fingerprint density at radius 3 is 2.59 bits per heavy atom. The number of hydrogen-bond acceptors (Lipinski definition) is 5. The summed E-state index contributed by atoms with van der Waals surface area (Å²) in [5.74, 6) is 0.938. The summed E-state index contributed by atoms with van der Waals surface area (Å²) in [5, 5.41) is 19.8. The van der Waals surface area contributed by atoms with E-state index in [9.17, 15) is 10.2 Å². The van der Waals surface area contributed by atoms with E-state index in [0.29, 0.717) is 18.3 Å². The fourth-order valence-corrected chi connectivity index (χ4v) is 3.78. The highest BCUT2D eigenvalue weighted by Gasteiger charge is 2.27. The van der Waals surface area contributed by atoms with E-state index in [1.54, 1.807) is 13.2 Å². The first-order valence-electron chi connectivity index (χ1n) is 9.58. The Hall–Kier alpha value is -2.08. The van der Waals surface area contributed by atoms with Gasteiger partial charge in [0.05, 0.1) is 7.11 Å². The van der Waals surface area contributed by atoms with Crippen LogP contribution in [0.1, 0.15) is 23.1 Å². The van der Waals surface area contributed by atoms with E-state index in [1.807, 2.05) is 12.1 Å². The van der Waals surface area contributed by atoms with Crippen molar-refractivity contribution in [3.63, 3.8) is 0 Å². The number of aryl methyl sites for hydroxylation is 1. The van der Waals surface area contributed by atoms with Gasteiger partial charge in [-0.2, -0.15) is 0 Å². The summed E-state index contributed by atoms with van der Waals surface area (Å²) < 4.78 is 5.16. The van der Waals surface area contributed by atoms with Crippen molar-refractivity contribution in [3.8, 4) is 11.5 Å². The number of piperazine rings is 1. The molecule has 1 aliphatic rings. The zero-order valence-electron chi connectivity index (χ0n) is 16.3. The fourth-order valence-electron chi connectivity index (χ4n) is 3.78. The lowest BCUT2D eigenvalue weighted by Gasteiger charge is -2.41. The molecule has 1 heterocycles. The lowest BCUT2D eigenvalue weighted by Crippen LogP contribution is -2.52. The van der Waals surface area contributed by atoms with Crippen LogP contribution in [0.5, 0.6) is 11.5 Å². The highest BCUT2D eigenvalue weighted by molar-refractivity contribution is 5.39. The van der Waals surface area contributed by atoms with Crippen LogP contribution in [0.3, 0.4) is 0 Å². The maximum Gasteiger partial charge on any atom is 0.123 e. The Balaban J connectivity index is 1.66. The predicted octanol–water partition coefficient (Wildman–Crippen LogP) is 2.78. The molecule has 0 aliphatic carbocycles. The number of aliphatic hydroxyl groups excluding tert-OH is 1. The minimum Gasteiger partial charge on any atom is -0.507 e. The van der Waals surface area contributed by atoms with Gasteiger partial charge < -0.3 is 14.9 Å². The number of benzene rings is 2.